The summed E-state index contributed by atoms with van der Waals surface area (Å²) in [6.07, 6.45) is -0.651. The molecule has 0 saturated carbocycles. The molecule has 0 amide bonds. The summed E-state index contributed by atoms with van der Waals surface area (Å²) < 4.78 is 12.1. The van der Waals surface area contributed by atoms with Gasteiger partial charge in [-0.3, -0.25) is 0 Å². The SMILES string of the molecule is O=C(O)c1sc2ccccc2c1OCCNC[C@H](O)COc1ccccc1. The van der Waals surface area contributed by atoms with Gasteiger partial charge < -0.3 is 25.0 Å². The number of nitrogens with one attached hydrogen (secondary N) is 1. The largest absolute Gasteiger partial charge is 0.491 e. The molecule has 0 fully saturated rings. The Labute approximate surface area is 161 Å². The second kappa shape index (κ2) is 9.36. The van der Waals surface area contributed by atoms with Gasteiger partial charge in [0, 0.05) is 23.2 Å². The van der Waals surface area contributed by atoms with E-state index in [1.165, 1.54) is 11.3 Å². The highest BCUT2D eigenvalue weighted by molar-refractivity contribution is 7.21. The number of carboxylic acids is 1. The maximum atomic E-state index is 11.4. The number of fused-ring (bicyclic) bond motifs is 1. The van der Waals surface area contributed by atoms with Crippen LogP contribution in [0, 0.1) is 0 Å². The van der Waals surface area contributed by atoms with Gasteiger partial charge in [0.05, 0.1) is 0 Å². The van der Waals surface area contributed by atoms with Crippen molar-refractivity contribution in [3.63, 3.8) is 0 Å². The van der Waals surface area contributed by atoms with Gasteiger partial charge in [-0.1, -0.05) is 30.3 Å². The molecule has 0 spiro atoms. The van der Waals surface area contributed by atoms with Crippen LogP contribution in [0.3, 0.4) is 0 Å². The van der Waals surface area contributed by atoms with E-state index in [2.05, 4.69) is 5.32 Å². The zero-order valence-electron chi connectivity index (χ0n) is 14.6. The summed E-state index contributed by atoms with van der Waals surface area (Å²) in [4.78, 5) is 11.6. The Kier molecular flexibility index (Phi) is 6.64. The maximum absolute atomic E-state index is 11.4. The highest BCUT2D eigenvalue weighted by Crippen LogP contribution is 2.37. The molecular formula is C20H21NO5S. The number of aliphatic hydroxyl groups excluding tert-OH is 1. The monoisotopic (exact) mass is 387 g/mol. The summed E-state index contributed by atoms with van der Waals surface area (Å²) in [5, 5.41) is 23.2. The van der Waals surface area contributed by atoms with Crippen LogP contribution in [-0.2, 0) is 0 Å². The quantitative estimate of drug-likeness (QED) is 0.464. The minimum absolute atomic E-state index is 0.191. The van der Waals surface area contributed by atoms with Crippen molar-refractivity contribution < 1.29 is 24.5 Å². The second-order valence-electron chi connectivity index (χ2n) is 5.89. The van der Waals surface area contributed by atoms with Gasteiger partial charge in [0.15, 0.2) is 10.6 Å². The van der Waals surface area contributed by atoms with E-state index in [0.29, 0.717) is 31.2 Å². The number of rotatable bonds is 10. The van der Waals surface area contributed by atoms with Gasteiger partial charge in [0.25, 0.3) is 0 Å². The van der Waals surface area contributed by atoms with Crippen molar-refractivity contribution in [3.8, 4) is 11.5 Å². The van der Waals surface area contributed by atoms with E-state index in [0.717, 1.165) is 10.1 Å². The van der Waals surface area contributed by atoms with Crippen LogP contribution < -0.4 is 14.8 Å². The molecule has 2 aromatic carbocycles. The highest BCUT2D eigenvalue weighted by Gasteiger charge is 2.18. The van der Waals surface area contributed by atoms with Gasteiger partial charge in [-0.2, -0.15) is 0 Å². The van der Waals surface area contributed by atoms with Crippen molar-refractivity contribution in [1.29, 1.82) is 0 Å². The topological polar surface area (TPSA) is 88.0 Å². The lowest BCUT2D eigenvalue weighted by atomic mass is 10.2. The molecule has 3 N–H and O–H groups in total. The lowest BCUT2D eigenvalue weighted by molar-refractivity contribution is 0.0698. The number of carbonyl (C=O) groups is 1. The van der Waals surface area contributed by atoms with E-state index in [1.54, 1.807) is 0 Å². The van der Waals surface area contributed by atoms with E-state index >= 15 is 0 Å². The standard InChI is InChI=1S/C20H21NO5S/c22-14(13-26-15-6-2-1-3-7-15)12-21-10-11-25-18-16-8-4-5-9-17(16)27-19(18)20(23)24/h1-9,14,21-22H,10-13H2,(H,23,24)/t14-/m0/s1. The number of para-hydroxylation sites is 1. The molecule has 1 atom stereocenters. The normalized spacial score (nSPS) is 12.0. The summed E-state index contributed by atoms with van der Waals surface area (Å²) in [6, 6.07) is 16.8. The van der Waals surface area contributed by atoms with Crippen LogP contribution in [0.4, 0.5) is 0 Å². The zero-order valence-corrected chi connectivity index (χ0v) is 15.4. The third-order valence-corrected chi connectivity index (χ3v) is 4.98. The van der Waals surface area contributed by atoms with Crippen LogP contribution in [0.25, 0.3) is 10.1 Å². The van der Waals surface area contributed by atoms with E-state index in [4.69, 9.17) is 9.47 Å². The first-order valence-electron chi connectivity index (χ1n) is 8.59. The van der Waals surface area contributed by atoms with Crippen LogP contribution in [0.2, 0.25) is 0 Å². The fourth-order valence-corrected chi connectivity index (χ4v) is 3.55. The maximum Gasteiger partial charge on any atom is 0.349 e. The number of aromatic carboxylic acids is 1. The molecule has 0 aliphatic carbocycles. The zero-order chi connectivity index (χ0) is 19.1. The van der Waals surface area contributed by atoms with E-state index in [1.807, 2.05) is 54.6 Å². The molecular weight excluding hydrogens is 366 g/mol. The lowest BCUT2D eigenvalue weighted by Gasteiger charge is -2.13. The molecule has 0 bridgehead atoms. The predicted octanol–water partition coefficient (Wildman–Crippen LogP) is 3.01. The highest BCUT2D eigenvalue weighted by atomic mass is 32.1. The van der Waals surface area contributed by atoms with Crippen LogP contribution >= 0.6 is 11.3 Å². The molecule has 0 unspecified atom stereocenters. The van der Waals surface area contributed by atoms with Crippen LogP contribution in [0.15, 0.2) is 54.6 Å². The van der Waals surface area contributed by atoms with E-state index in [-0.39, 0.29) is 11.5 Å². The molecule has 3 rings (SSSR count). The van der Waals surface area contributed by atoms with Gasteiger partial charge in [0.2, 0.25) is 0 Å². The molecule has 142 valence electrons. The fourth-order valence-electron chi connectivity index (χ4n) is 2.57. The Hall–Kier alpha value is -2.61. The van der Waals surface area contributed by atoms with E-state index in [9.17, 15) is 15.0 Å². The minimum atomic E-state index is -0.993. The first-order chi connectivity index (χ1) is 13.1. The summed E-state index contributed by atoms with van der Waals surface area (Å²) in [6.45, 7) is 1.32. The van der Waals surface area contributed by atoms with Crippen molar-refractivity contribution in [2.24, 2.45) is 0 Å². The summed E-state index contributed by atoms with van der Waals surface area (Å²) in [5.41, 5.74) is 0. The number of benzene rings is 2. The molecule has 3 aromatic rings. The predicted molar refractivity (Wildman–Crippen MR) is 105 cm³/mol. The van der Waals surface area contributed by atoms with Gasteiger partial charge in [0.1, 0.15) is 25.1 Å². The molecule has 0 saturated heterocycles. The fraction of sp³-hybridized carbons (Fsp3) is 0.250. The number of carboxylic acid groups (broad SMARTS) is 1. The number of ether oxygens (including phenoxy) is 2. The average Bonchev–Trinajstić information content (AvgIpc) is 3.06. The molecule has 0 aliphatic rings. The Morgan fingerprint density at radius 1 is 1.07 bits per heavy atom. The van der Waals surface area contributed by atoms with Gasteiger partial charge >= 0.3 is 5.97 Å². The van der Waals surface area contributed by atoms with Gasteiger partial charge in [-0.25, -0.2) is 4.79 Å². The number of thiophene rings is 1. The summed E-state index contributed by atoms with van der Waals surface area (Å²) >= 11 is 1.20. The molecule has 27 heavy (non-hydrogen) atoms. The molecule has 0 aliphatic heterocycles. The van der Waals surface area contributed by atoms with Crippen LogP contribution in [-0.4, -0.2) is 48.6 Å². The van der Waals surface area contributed by atoms with Gasteiger partial charge in [-0.05, 0) is 24.3 Å². The minimum Gasteiger partial charge on any atom is -0.491 e. The lowest BCUT2D eigenvalue weighted by Crippen LogP contribution is -2.33. The third kappa shape index (κ3) is 5.19. The Morgan fingerprint density at radius 2 is 1.81 bits per heavy atom. The molecule has 1 heterocycles. The Balaban J connectivity index is 1.43. The number of hydrogen-bond donors (Lipinski definition) is 3. The number of aliphatic hydroxyl groups is 1. The van der Waals surface area contributed by atoms with Crippen molar-refractivity contribution in [2.75, 3.05) is 26.3 Å². The second-order valence-corrected chi connectivity index (χ2v) is 6.94. The molecule has 7 heteroatoms. The first kappa shape index (κ1) is 19.2. The van der Waals surface area contributed by atoms with Crippen LogP contribution in [0.5, 0.6) is 11.5 Å². The van der Waals surface area contributed by atoms with Crippen molar-refractivity contribution >= 4 is 27.4 Å². The van der Waals surface area contributed by atoms with Crippen molar-refractivity contribution in [1.82, 2.24) is 5.32 Å². The molecule has 1 aromatic heterocycles. The van der Waals surface area contributed by atoms with Gasteiger partial charge in [-0.15, -0.1) is 11.3 Å². The summed E-state index contributed by atoms with van der Waals surface area (Å²) in [7, 11) is 0. The Bertz CT molecular complexity index is 880. The Morgan fingerprint density at radius 3 is 2.59 bits per heavy atom. The molecule has 6 nitrogen and oxygen atoms in total. The smallest absolute Gasteiger partial charge is 0.349 e. The summed E-state index contributed by atoms with van der Waals surface area (Å²) in [5.74, 6) is 0.121. The van der Waals surface area contributed by atoms with Crippen molar-refractivity contribution in [3.05, 3.63) is 59.5 Å². The average molecular weight is 387 g/mol. The van der Waals surface area contributed by atoms with Crippen LogP contribution in [0.1, 0.15) is 9.67 Å². The first-order valence-corrected chi connectivity index (χ1v) is 9.41. The molecule has 0 radical (unpaired) electrons. The van der Waals surface area contributed by atoms with E-state index < -0.39 is 12.1 Å². The number of hydrogen-bond acceptors (Lipinski definition) is 6. The van der Waals surface area contributed by atoms with Crippen molar-refractivity contribution in [2.45, 2.75) is 6.10 Å². The third-order valence-electron chi connectivity index (χ3n) is 3.83.